The lowest BCUT2D eigenvalue weighted by Crippen LogP contribution is -1.90. The molecule has 78 valence electrons. The van der Waals surface area contributed by atoms with Gasteiger partial charge in [0.05, 0.1) is 5.69 Å². The minimum absolute atomic E-state index is 0.292. The van der Waals surface area contributed by atoms with Crippen molar-refractivity contribution in [3.05, 3.63) is 34.7 Å². The number of hydrogen-bond acceptors (Lipinski definition) is 2. The Balaban J connectivity index is 2.59. The van der Waals surface area contributed by atoms with Gasteiger partial charge in [0.1, 0.15) is 11.5 Å². The quantitative estimate of drug-likeness (QED) is 0.865. The van der Waals surface area contributed by atoms with Crippen molar-refractivity contribution < 1.29 is 4.39 Å². The zero-order chi connectivity index (χ0) is 11.0. The Bertz CT molecular complexity index is 507. The molecule has 2 aromatic rings. The van der Waals surface area contributed by atoms with Gasteiger partial charge in [-0.2, -0.15) is 5.10 Å². The van der Waals surface area contributed by atoms with E-state index in [1.54, 1.807) is 24.0 Å². The van der Waals surface area contributed by atoms with Crippen LogP contribution in [-0.4, -0.2) is 9.78 Å². The maximum atomic E-state index is 12.9. The molecule has 0 saturated carbocycles. The highest BCUT2D eigenvalue weighted by Crippen LogP contribution is 2.31. The molecule has 5 heteroatoms. The van der Waals surface area contributed by atoms with Crippen LogP contribution in [0.15, 0.2) is 28.9 Å². The molecule has 3 nitrogen and oxygen atoms in total. The lowest BCUT2D eigenvalue weighted by Gasteiger charge is -2.01. The van der Waals surface area contributed by atoms with Crippen molar-refractivity contribution in [1.82, 2.24) is 9.78 Å². The second kappa shape index (κ2) is 3.66. The van der Waals surface area contributed by atoms with E-state index >= 15 is 0 Å². The lowest BCUT2D eigenvalue weighted by molar-refractivity contribution is 0.627. The summed E-state index contributed by atoms with van der Waals surface area (Å²) in [7, 11) is 1.79. The zero-order valence-electron chi connectivity index (χ0n) is 8.04. The molecule has 0 unspecified atom stereocenters. The number of anilines is 1. The van der Waals surface area contributed by atoms with Crippen LogP contribution in [0.4, 0.5) is 10.1 Å². The Labute approximate surface area is 94.8 Å². The largest absolute Gasteiger partial charge is 0.396 e. The van der Waals surface area contributed by atoms with Gasteiger partial charge in [-0.05, 0) is 34.1 Å². The first-order valence-electron chi connectivity index (χ1n) is 4.32. The normalized spacial score (nSPS) is 10.6. The smallest absolute Gasteiger partial charge is 0.124 e. The van der Waals surface area contributed by atoms with E-state index in [0.717, 1.165) is 5.56 Å². The molecule has 0 saturated heterocycles. The molecule has 1 heterocycles. The van der Waals surface area contributed by atoms with Crippen LogP contribution in [0.5, 0.6) is 0 Å². The van der Waals surface area contributed by atoms with Gasteiger partial charge in [-0.25, -0.2) is 4.39 Å². The molecule has 0 fully saturated rings. The van der Waals surface area contributed by atoms with Crippen molar-refractivity contribution in [2.24, 2.45) is 7.05 Å². The van der Waals surface area contributed by atoms with Gasteiger partial charge in [-0.15, -0.1) is 0 Å². The molecule has 15 heavy (non-hydrogen) atoms. The summed E-state index contributed by atoms with van der Waals surface area (Å²) in [6.07, 6.45) is 1.71. The summed E-state index contributed by atoms with van der Waals surface area (Å²) in [5, 5.41) is 4.21. The Morgan fingerprint density at radius 3 is 2.73 bits per heavy atom. The van der Waals surface area contributed by atoms with Crippen molar-refractivity contribution in [2.75, 3.05) is 5.73 Å². The number of benzene rings is 1. The van der Waals surface area contributed by atoms with Gasteiger partial charge in [0.2, 0.25) is 0 Å². The van der Waals surface area contributed by atoms with Crippen molar-refractivity contribution in [3.8, 4) is 11.3 Å². The van der Waals surface area contributed by atoms with Gasteiger partial charge >= 0.3 is 0 Å². The van der Waals surface area contributed by atoms with Crippen molar-refractivity contribution in [3.63, 3.8) is 0 Å². The fraction of sp³-hybridized carbons (Fsp3) is 0.100. The highest BCUT2D eigenvalue weighted by atomic mass is 79.9. The highest BCUT2D eigenvalue weighted by Gasteiger charge is 2.10. The second-order valence-electron chi connectivity index (χ2n) is 3.23. The molecular formula is C10H9BrFN3. The molecule has 0 amide bonds. The SMILES string of the molecule is Cn1cc(N)c(-c2ccc(F)cc2Br)n1. The van der Waals surface area contributed by atoms with Crippen LogP contribution in [0.2, 0.25) is 0 Å². The molecule has 1 aromatic heterocycles. The van der Waals surface area contributed by atoms with E-state index in [1.165, 1.54) is 12.1 Å². The first-order valence-corrected chi connectivity index (χ1v) is 5.12. The van der Waals surface area contributed by atoms with Gasteiger partial charge in [0, 0.05) is 23.3 Å². The van der Waals surface area contributed by atoms with Crippen LogP contribution in [0, 0.1) is 5.82 Å². The number of aryl methyl sites for hydroxylation is 1. The predicted octanol–water partition coefficient (Wildman–Crippen LogP) is 2.57. The molecule has 0 radical (unpaired) electrons. The second-order valence-corrected chi connectivity index (χ2v) is 4.09. The van der Waals surface area contributed by atoms with Gasteiger partial charge in [-0.1, -0.05) is 0 Å². The third kappa shape index (κ3) is 1.87. The van der Waals surface area contributed by atoms with Crippen LogP contribution in [-0.2, 0) is 7.05 Å². The number of nitrogens with two attached hydrogens (primary N) is 1. The number of halogens is 2. The average molecular weight is 270 g/mol. The Morgan fingerprint density at radius 1 is 1.47 bits per heavy atom. The Morgan fingerprint density at radius 2 is 2.20 bits per heavy atom. The topological polar surface area (TPSA) is 43.8 Å². The van der Waals surface area contributed by atoms with Gasteiger partial charge in [-0.3, -0.25) is 4.68 Å². The first-order chi connectivity index (χ1) is 7.08. The first kappa shape index (κ1) is 10.2. The summed E-state index contributed by atoms with van der Waals surface area (Å²) >= 11 is 3.28. The summed E-state index contributed by atoms with van der Waals surface area (Å²) < 4.78 is 15.2. The van der Waals surface area contributed by atoms with Crippen LogP contribution in [0.1, 0.15) is 0 Å². The predicted molar refractivity (Wildman–Crippen MR) is 60.7 cm³/mol. The highest BCUT2D eigenvalue weighted by molar-refractivity contribution is 9.10. The lowest BCUT2D eigenvalue weighted by atomic mass is 10.1. The minimum Gasteiger partial charge on any atom is -0.396 e. The third-order valence-electron chi connectivity index (χ3n) is 2.04. The van der Waals surface area contributed by atoms with Gasteiger partial charge in [0.15, 0.2) is 0 Å². The van der Waals surface area contributed by atoms with E-state index in [4.69, 9.17) is 5.73 Å². The minimum atomic E-state index is -0.292. The van der Waals surface area contributed by atoms with Crippen LogP contribution in [0.25, 0.3) is 11.3 Å². The summed E-state index contributed by atoms with van der Waals surface area (Å²) in [5.74, 6) is -0.292. The summed E-state index contributed by atoms with van der Waals surface area (Å²) in [6, 6.07) is 4.43. The summed E-state index contributed by atoms with van der Waals surface area (Å²) in [4.78, 5) is 0. The molecule has 0 bridgehead atoms. The molecular weight excluding hydrogens is 261 g/mol. The van der Waals surface area contributed by atoms with Crippen molar-refractivity contribution in [2.45, 2.75) is 0 Å². The van der Waals surface area contributed by atoms with E-state index in [0.29, 0.717) is 15.9 Å². The third-order valence-corrected chi connectivity index (χ3v) is 2.70. The number of nitrogens with zero attached hydrogens (tertiary/aromatic N) is 2. The molecule has 0 atom stereocenters. The van der Waals surface area contributed by atoms with Crippen molar-refractivity contribution >= 4 is 21.6 Å². The van der Waals surface area contributed by atoms with Crippen molar-refractivity contribution in [1.29, 1.82) is 0 Å². The fourth-order valence-electron chi connectivity index (χ4n) is 1.40. The molecule has 0 aliphatic heterocycles. The molecule has 1 aromatic carbocycles. The number of rotatable bonds is 1. The summed E-state index contributed by atoms with van der Waals surface area (Å²) in [5.41, 5.74) is 7.80. The van der Waals surface area contributed by atoms with Crippen LogP contribution >= 0.6 is 15.9 Å². The van der Waals surface area contributed by atoms with E-state index in [-0.39, 0.29) is 5.82 Å². The molecule has 2 N–H and O–H groups in total. The molecule has 0 aliphatic rings. The Kier molecular flexibility index (Phi) is 2.48. The fourth-order valence-corrected chi connectivity index (χ4v) is 1.94. The van der Waals surface area contributed by atoms with Crippen LogP contribution < -0.4 is 5.73 Å². The number of hydrogen-bond donors (Lipinski definition) is 1. The van der Waals surface area contributed by atoms with Gasteiger partial charge < -0.3 is 5.73 Å². The monoisotopic (exact) mass is 269 g/mol. The average Bonchev–Trinajstić information content (AvgIpc) is 2.45. The summed E-state index contributed by atoms with van der Waals surface area (Å²) in [6.45, 7) is 0. The molecule has 0 spiro atoms. The number of nitrogen functional groups attached to an aromatic ring is 1. The maximum absolute atomic E-state index is 12.9. The standard InChI is InChI=1S/C10H9BrFN3/c1-15-5-9(13)10(14-15)7-3-2-6(12)4-8(7)11/h2-5H,13H2,1H3. The van der Waals surface area contributed by atoms with E-state index in [9.17, 15) is 4.39 Å². The van der Waals surface area contributed by atoms with Gasteiger partial charge in [0.25, 0.3) is 0 Å². The molecule has 2 rings (SSSR count). The molecule has 0 aliphatic carbocycles. The number of aromatic nitrogens is 2. The maximum Gasteiger partial charge on any atom is 0.124 e. The van der Waals surface area contributed by atoms with E-state index < -0.39 is 0 Å². The zero-order valence-corrected chi connectivity index (χ0v) is 9.62. The van der Waals surface area contributed by atoms with E-state index in [1.807, 2.05) is 0 Å². The Hall–Kier alpha value is -1.36. The van der Waals surface area contributed by atoms with E-state index in [2.05, 4.69) is 21.0 Å². The van der Waals surface area contributed by atoms with Crippen LogP contribution in [0.3, 0.4) is 0 Å².